The molecule has 3 saturated carbocycles. The number of nitrogens with zero attached hydrogens (tertiary/aromatic N) is 3. The number of benzene rings is 2. The van der Waals surface area contributed by atoms with Crippen LogP contribution in [0.1, 0.15) is 105 Å². The number of carbonyl (C=O) groups excluding carboxylic acids is 1. The van der Waals surface area contributed by atoms with Crippen molar-refractivity contribution in [1.82, 2.24) is 14.8 Å². The van der Waals surface area contributed by atoms with Gasteiger partial charge in [0.05, 0.1) is 25.5 Å². The van der Waals surface area contributed by atoms with E-state index in [0.29, 0.717) is 47.9 Å². The number of rotatable bonds is 13. The number of hydrogen-bond acceptors (Lipinski definition) is 9. The van der Waals surface area contributed by atoms with Gasteiger partial charge in [-0.2, -0.15) is 13.5 Å². The SMILES string of the molecule is CC(C)CCC[C@@H](C)[C@H]1CCC2C3CC=C4CC(OS(=O)(=O)O)CC[C@]4(C)C3CC[C@@]21C.Nc1ncc(-c2cnn(CCO)c2)c2scc(-c3ccc(NC(=O)Nc4cccc(F)c4)cc3)c12. The Hall–Kier alpha value is -4.67. The molecule has 4 unspecified atom stereocenters. The molecule has 9 rings (SSSR count). The summed E-state index contributed by atoms with van der Waals surface area (Å²) in [6.07, 6.45) is 20.4. The van der Waals surface area contributed by atoms with Crippen LogP contribution in [0, 0.1) is 52.2 Å². The zero-order valence-electron chi connectivity index (χ0n) is 39.4. The molecule has 360 valence electrons. The topological polar surface area (TPSA) is 182 Å². The summed E-state index contributed by atoms with van der Waals surface area (Å²) in [6.45, 7) is 12.7. The van der Waals surface area contributed by atoms with Crippen molar-refractivity contribution >= 4 is 55.0 Å². The molecule has 0 radical (unpaired) electrons. The Labute approximate surface area is 399 Å². The molecular formula is C52H67FN6O6S2. The minimum atomic E-state index is -4.38. The maximum absolute atomic E-state index is 13.3. The number of amides is 2. The predicted octanol–water partition coefficient (Wildman–Crippen LogP) is 12.4. The Kier molecular flexibility index (Phi) is 14.6. The van der Waals surface area contributed by atoms with Gasteiger partial charge >= 0.3 is 16.4 Å². The van der Waals surface area contributed by atoms with Crippen molar-refractivity contribution in [1.29, 1.82) is 0 Å². The van der Waals surface area contributed by atoms with Crippen LogP contribution in [0.25, 0.3) is 32.3 Å². The van der Waals surface area contributed by atoms with E-state index in [4.69, 9.17) is 19.6 Å². The monoisotopic (exact) mass is 954 g/mol. The van der Waals surface area contributed by atoms with Crippen LogP contribution in [-0.4, -0.2) is 51.6 Å². The third-order valence-corrected chi connectivity index (χ3v) is 17.5. The van der Waals surface area contributed by atoms with Gasteiger partial charge in [0.2, 0.25) is 0 Å². The van der Waals surface area contributed by atoms with Crippen molar-refractivity contribution in [2.24, 2.45) is 46.3 Å². The van der Waals surface area contributed by atoms with Crippen LogP contribution in [-0.2, 0) is 21.1 Å². The molecule has 12 nitrogen and oxygen atoms in total. The van der Waals surface area contributed by atoms with Gasteiger partial charge in [0, 0.05) is 50.5 Å². The number of aliphatic hydroxyl groups is 1. The highest BCUT2D eigenvalue weighted by molar-refractivity contribution is 7.80. The first kappa shape index (κ1) is 48.8. The normalized spacial score (nSPS) is 26.2. The van der Waals surface area contributed by atoms with E-state index >= 15 is 0 Å². The third-order valence-electron chi connectivity index (χ3n) is 16.0. The number of anilines is 3. The zero-order valence-corrected chi connectivity index (χ0v) is 41.0. The van der Waals surface area contributed by atoms with Gasteiger partial charge in [-0.3, -0.25) is 9.23 Å². The number of nitrogens with one attached hydrogen (secondary N) is 2. The summed E-state index contributed by atoms with van der Waals surface area (Å²) < 4.78 is 52.5. The number of nitrogens with two attached hydrogens (primary N) is 1. The standard InChI is InChI=1S/C27H46O4S.C25H21FN6O2S/c1-18(2)7-6-8-19(3)23-11-12-24-22-10-9-20-17-21(31-32(28,29)30)13-15-26(20,4)25(22)14-16-27(23,24)5;26-17-2-1-3-19(10-17)31-25(34)30-18-6-4-15(5-7-18)21-14-35-23-20(12-28-24(27)22(21)23)16-11-29-32(13-16)8-9-33/h9,18-19,21-25H,6-8,10-17H2,1-5H3,(H,28,29,30);1-7,10-14,33H,8-9H2,(H2,27,28)(H2,30,31,34)/t19-,21?,22?,23-,24?,25?,26+,27-;/m1./s1. The number of fused-ring (bicyclic) bond motifs is 6. The largest absolute Gasteiger partial charge is 0.397 e. The molecule has 6 N–H and O–H groups in total. The van der Waals surface area contributed by atoms with Crippen LogP contribution in [0.3, 0.4) is 0 Å². The number of carbonyl (C=O) groups is 1. The van der Waals surface area contributed by atoms with Crippen molar-refractivity contribution in [2.75, 3.05) is 23.0 Å². The summed E-state index contributed by atoms with van der Waals surface area (Å²) in [4.78, 5) is 16.7. The minimum absolute atomic E-state index is 0.0109. The number of aromatic nitrogens is 3. The molecule has 8 atom stereocenters. The molecule has 67 heavy (non-hydrogen) atoms. The third kappa shape index (κ3) is 10.7. The maximum atomic E-state index is 13.3. The van der Waals surface area contributed by atoms with Crippen molar-refractivity contribution in [3.63, 3.8) is 0 Å². The molecule has 3 heterocycles. The lowest BCUT2D eigenvalue weighted by Gasteiger charge is -2.58. The molecule has 0 bridgehead atoms. The number of pyridine rings is 1. The summed E-state index contributed by atoms with van der Waals surface area (Å²) >= 11 is 1.57. The van der Waals surface area contributed by atoms with Gasteiger partial charge in [-0.1, -0.05) is 83.7 Å². The second-order valence-electron chi connectivity index (χ2n) is 20.5. The van der Waals surface area contributed by atoms with Gasteiger partial charge in [-0.15, -0.1) is 11.3 Å². The number of hydrogen-bond donors (Lipinski definition) is 5. The van der Waals surface area contributed by atoms with E-state index in [0.717, 1.165) is 74.8 Å². The highest BCUT2D eigenvalue weighted by atomic mass is 32.3. The molecule has 0 saturated heterocycles. The fourth-order valence-electron chi connectivity index (χ4n) is 12.7. The summed E-state index contributed by atoms with van der Waals surface area (Å²) in [5.41, 5.74) is 13.0. The van der Waals surface area contributed by atoms with Gasteiger partial charge < -0.3 is 21.5 Å². The fraction of sp³-hybridized carbons (Fsp3) is 0.519. The summed E-state index contributed by atoms with van der Waals surface area (Å²) in [5, 5.41) is 21.7. The molecule has 4 aliphatic rings. The van der Waals surface area contributed by atoms with Gasteiger partial charge in [-0.25, -0.2) is 18.4 Å². The summed E-state index contributed by atoms with van der Waals surface area (Å²) in [7, 11) is -4.38. The van der Waals surface area contributed by atoms with Crippen LogP contribution in [0.5, 0.6) is 0 Å². The lowest BCUT2D eigenvalue weighted by atomic mass is 9.47. The average Bonchev–Trinajstić information content (AvgIpc) is 4.02. The molecule has 15 heteroatoms. The summed E-state index contributed by atoms with van der Waals surface area (Å²) in [6, 6.07) is 12.6. The van der Waals surface area contributed by atoms with E-state index in [1.165, 1.54) is 68.7 Å². The predicted molar refractivity (Wildman–Crippen MR) is 266 cm³/mol. The fourth-order valence-corrected chi connectivity index (χ4v) is 14.3. The number of allylic oxidation sites excluding steroid dienone is 1. The lowest BCUT2D eigenvalue weighted by Crippen LogP contribution is -2.51. The average molecular weight is 955 g/mol. The second kappa shape index (κ2) is 20.1. The van der Waals surface area contributed by atoms with Crippen LogP contribution in [0.2, 0.25) is 0 Å². The number of urea groups is 1. The van der Waals surface area contributed by atoms with E-state index in [-0.39, 0.29) is 12.0 Å². The van der Waals surface area contributed by atoms with Gasteiger partial charge in [0.25, 0.3) is 0 Å². The minimum Gasteiger partial charge on any atom is -0.394 e. The lowest BCUT2D eigenvalue weighted by molar-refractivity contribution is -0.0560. The Morgan fingerprint density at radius 2 is 1.76 bits per heavy atom. The van der Waals surface area contributed by atoms with E-state index in [1.807, 2.05) is 23.7 Å². The van der Waals surface area contributed by atoms with Crippen LogP contribution in [0.4, 0.5) is 26.4 Å². The maximum Gasteiger partial charge on any atom is 0.397 e. The Balaban J connectivity index is 0.000000182. The molecule has 0 spiro atoms. The quantitative estimate of drug-likeness (QED) is 0.0566. The van der Waals surface area contributed by atoms with Crippen LogP contribution < -0.4 is 16.4 Å². The van der Waals surface area contributed by atoms with E-state index in [1.54, 1.807) is 46.6 Å². The van der Waals surface area contributed by atoms with Gasteiger partial charge in [-0.05, 0) is 139 Å². The van der Waals surface area contributed by atoms with Gasteiger partial charge in [0.15, 0.2) is 0 Å². The van der Waals surface area contributed by atoms with E-state index < -0.39 is 28.4 Å². The molecule has 3 fully saturated rings. The van der Waals surface area contributed by atoms with Crippen molar-refractivity contribution in [2.45, 2.75) is 118 Å². The Morgan fingerprint density at radius 1 is 0.985 bits per heavy atom. The van der Waals surface area contributed by atoms with E-state index in [9.17, 15) is 17.6 Å². The number of halogens is 1. The first-order chi connectivity index (χ1) is 32.0. The van der Waals surface area contributed by atoms with Crippen LogP contribution >= 0.6 is 11.3 Å². The Morgan fingerprint density at radius 3 is 2.49 bits per heavy atom. The molecular weight excluding hydrogens is 888 g/mol. The molecule has 0 aliphatic heterocycles. The number of nitrogen functional groups attached to an aromatic ring is 1. The number of thiophene rings is 1. The smallest absolute Gasteiger partial charge is 0.394 e. The Bertz CT molecular complexity index is 2690. The molecule has 2 aromatic carbocycles. The first-order valence-corrected chi connectivity index (χ1v) is 26.3. The molecule has 5 aromatic rings. The molecule has 2 amide bonds. The summed E-state index contributed by atoms with van der Waals surface area (Å²) in [5.74, 6) is 4.84. The highest BCUT2D eigenvalue weighted by Gasteiger charge is 2.59. The first-order valence-electron chi connectivity index (χ1n) is 24.0. The van der Waals surface area contributed by atoms with Crippen LogP contribution in [0.15, 0.2) is 84.2 Å². The van der Waals surface area contributed by atoms with E-state index in [2.05, 4.69) is 61.4 Å². The highest BCUT2D eigenvalue weighted by Crippen LogP contribution is 2.67. The van der Waals surface area contributed by atoms with Gasteiger partial charge in [0.1, 0.15) is 11.6 Å². The molecule has 3 aromatic heterocycles. The zero-order chi connectivity index (χ0) is 47.7. The van der Waals surface area contributed by atoms with Crippen molar-refractivity contribution in [3.05, 3.63) is 90.0 Å². The molecule has 4 aliphatic carbocycles. The second-order valence-corrected chi connectivity index (χ2v) is 22.4. The van der Waals surface area contributed by atoms with Crippen molar-refractivity contribution < 1.29 is 31.4 Å². The van der Waals surface area contributed by atoms with Crippen molar-refractivity contribution in [3.8, 4) is 22.3 Å². The number of aliphatic hydroxyl groups excluding tert-OH is 1.